The summed E-state index contributed by atoms with van der Waals surface area (Å²) in [5, 5.41) is 23.5. The zero-order chi connectivity index (χ0) is 16.4. The van der Waals surface area contributed by atoms with Gasteiger partial charge in [0, 0.05) is 12.3 Å². The summed E-state index contributed by atoms with van der Waals surface area (Å²) in [5.74, 6) is 0. The van der Waals surface area contributed by atoms with Crippen molar-refractivity contribution < 1.29 is 4.92 Å². The molecule has 0 N–H and O–H groups in total. The van der Waals surface area contributed by atoms with Crippen LogP contribution in [0.5, 0.6) is 0 Å². The highest BCUT2D eigenvalue weighted by molar-refractivity contribution is 7.99. The van der Waals surface area contributed by atoms with E-state index in [4.69, 9.17) is 0 Å². The Hall–Kier alpha value is -2.81. The highest BCUT2D eigenvalue weighted by Gasteiger charge is 2.20. The Morgan fingerprint density at radius 1 is 1.17 bits per heavy atom. The molecule has 0 saturated carbocycles. The lowest BCUT2D eigenvalue weighted by Gasteiger charge is -2.10. The van der Waals surface area contributed by atoms with Gasteiger partial charge in [0.2, 0.25) is 5.16 Å². The van der Waals surface area contributed by atoms with Gasteiger partial charge in [-0.1, -0.05) is 18.2 Å². The third-order valence-corrected chi connectivity index (χ3v) is 4.17. The van der Waals surface area contributed by atoms with Crippen molar-refractivity contribution in [3.05, 3.63) is 57.8 Å². The average Bonchev–Trinajstić information content (AvgIpc) is 2.95. The fourth-order valence-corrected chi connectivity index (χ4v) is 3.03. The molecule has 2 aromatic heterocycles. The van der Waals surface area contributed by atoms with Crippen molar-refractivity contribution in [2.75, 3.05) is 0 Å². The van der Waals surface area contributed by atoms with Gasteiger partial charge in [-0.3, -0.25) is 10.1 Å². The van der Waals surface area contributed by atoms with E-state index in [9.17, 15) is 10.1 Å². The Morgan fingerprint density at radius 2 is 1.91 bits per heavy atom. The summed E-state index contributed by atoms with van der Waals surface area (Å²) in [6.45, 7) is 3.92. The number of aromatic nitrogens is 5. The van der Waals surface area contributed by atoms with Crippen LogP contribution in [0.25, 0.3) is 5.69 Å². The lowest BCUT2D eigenvalue weighted by atomic mass is 10.1. The van der Waals surface area contributed by atoms with Crippen LogP contribution in [-0.4, -0.2) is 30.1 Å². The molecule has 0 aliphatic carbocycles. The van der Waals surface area contributed by atoms with Crippen molar-refractivity contribution in [1.29, 1.82) is 0 Å². The second-order valence-electron chi connectivity index (χ2n) is 4.80. The van der Waals surface area contributed by atoms with Gasteiger partial charge in [-0.25, -0.2) is 4.98 Å². The normalized spacial score (nSPS) is 10.7. The van der Waals surface area contributed by atoms with Crippen LogP contribution >= 0.6 is 11.8 Å². The predicted octanol–water partition coefficient (Wildman–Crippen LogP) is 2.73. The van der Waals surface area contributed by atoms with E-state index in [0.29, 0.717) is 5.16 Å². The quantitative estimate of drug-likeness (QED) is 0.536. The van der Waals surface area contributed by atoms with Crippen LogP contribution in [-0.2, 0) is 0 Å². The van der Waals surface area contributed by atoms with E-state index in [1.165, 1.54) is 18.3 Å². The monoisotopic (exact) mass is 328 g/mol. The van der Waals surface area contributed by atoms with Gasteiger partial charge in [0.15, 0.2) is 5.03 Å². The van der Waals surface area contributed by atoms with Gasteiger partial charge in [0.1, 0.15) is 0 Å². The topological polar surface area (TPSA) is 99.6 Å². The van der Waals surface area contributed by atoms with Crippen LogP contribution in [0.1, 0.15) is 11.1 Å². The molecule has 1 aromatic carbocycles. The van der Waals surface area contributed by atoms with Crippen molar-refractivity contribution in [1.82, 2.24) is 25.2 Å². The molecule has 0 spiro atoms. The Bertz CT molecular complexity index is 859. The number of nitro groups is 1. The predicted molar refractivity (Wildman–Crippen MR) is 83.6 cm³/mol. The number of pyridine rings is 1. The van der Waals surface area contributed by atoms with Crippen molar-refractivity contribution in [2.45, 2.75) is 24.0 Å². The number of rotatable bonds is 4. The number of tetrazole rings is 1. The van der Waals surface area contributed by atoms with E-state index >= 15 is 0 Å². The smallest absolute Gasteiger partial charge is 0.258 e. The van der Waals surface area contributed by atoms with Gasteiger partial charge < -0.3 is 0 Å². The summed E-state index contributed by atoms with van der Waals surface area (Å²) < 4.78 is 1.58. The molecule has 23 heavy (non-hydrogen) atoms. The lowest BCUT2D eigenvalue weighted by Crippen LogP contribution is -2.04. The number of nitrogens with zero attached hydrogens (tertiary/aromatic N) is 6. The average molecular weight is 328 g/mol. The van der Waals surface area contributed by atoms with E-state index in [0.717, 1.165) is 28.6 Å². The first-order valence-corrected chi connectivity index (χ1v) is 7.52. The minimum Gasteiger partial charge on any atom is -0.258 e. The molecule has 0 saturated heterocycles. The van der Waals surface area contributed by atoms with E-state index in [2.05, 4.69) is 20.5 Å². The first-order valence-electron chi connectivity index (χ1n) is 6.70. The van der Waals surface area contributed by atoms with Crippen molar-refractivity contribution in [3.8, 4) is 5.69 Å². The molecule has 0 atom stereocenters. The zero-order valence-electron chi connectivity index (χ0n) is 12.4. The summed E-state index contributed by atoms with van der Waals surface area (Å²) in [4.78, 5) is 14.7. The molecule has 0 aliphatic rings. The number of para-hydroxylation sites is 1. The maximum atomic E-state index is 11.1. The second-order valence-corrected chi connectivity index (χ2v) is 5.76. The van der Waals surface area contributed by atoms with Gasteiger partial charge in [-0.15, -0.1) is 5.10 Å². The maximum absolute atomic E-state index is 11.1. The van der Waals surface area contributed by atoms with Crippen LogP contribution in [0.3, 0.4) is 0 Å². The highest BCUT2D eigenvalue weighted by atomic mass is 32.2. The van der Waals surface area contributed by atoms with E-state index in [1.807, 2.05) is 32.0 Å². The molecule has 3 aromatic rings. The van der Waals surface area contributed by atoms with Gasteiger partial charge in [0.05, 0.1) is 10.6 Å². The Balaban J connectivity index is 2.05. The molecular weight excluding hydrogens is 316 g/mol. The van der Waals surface area contributed by atoms with Crippen molar-refractivity contribution >= 4 is 17.4 Å². The summed E-state index contributed by atoms with van der Waals surface area (Å²) >= 11 is 1.06. The van der Waals surface area contributed by atoms with Crippen molar-refractivity contribution in [3.63, 3.8) is 0 Å². The fraction of sp³-hybridized carbons (Fsp3) is 0.143. The minimum absolute atomic E-state index is 0.0754. The van der Waals surface area contributed by atoms with Gasteiger partial charge in [-0.05, 0) is 53.2 Å². The SMILES string of the molecule is Cc1cccc(C)c1-n1nnnc1Sc1ncccc1[N+](=O)[O-]. The van der Waals surface area contributed by atoms with Crippen molar-refractivity contribution in [2.24, 2.45) is 0 Å². The van der Waals surface area contributed by atoms with Gasteiger partial charge in [-0.2, -0.15) is 4.68 Å². The van der Waals surface area contributed by atoms with E-state index < -0.39 is 4.92 Å². The molecule has 116 valence electrons. The van der Waals surface area contributed by atoms with Crippen LogP contribution in [0.4, 0.5) is 5.69 Å². The largest absolute Gasteiger partial charge is 0.301 e. The summed E-state index contributed by atoms with van der Waals surface area (Å²) in [6, 6.07) is 8.80. The standard InChI is InChI=1S/C14H12N6O2S/c1-9-5-3-6-10(2)12(9)19-14(16-17-18-19)23-13-11(20(21)22)7-4-8-15-13/h3-8H,1-2H3. The minimum atomic E-state index is -0.470. The first kappa shape index (κ1) is 15.1. The summed E-state index contributed by atoms with van der Waals surface area (Å²) in [7, 11) is 0. The van der Waals surface area contributed by atoms with E-state index in [1.54, 1.807) is 4.68 Å². The Morgan fingerprint density at radius 3 is 2.61 bits per heavy atom. The summed E-state index contributed by atoms with van der Waals surface area (Å²) in [6.07, 6.45) is 1.50. The second kappa shape index (κ2) is 6.13. The number of benzene rings is 1. The molecule has 9 heteroatoms. The van der Waals surface area contributed by atoms with Gasteiger partial charge in [0.25, 0.3) is 0 Å². The zero-order valence-corrected chi connectivity index (χ0v) is 13.2. The molecule has 0 amide bonds. The third-order valence-electron chi connectivity index (χ3n) is 3.23. The van der Waals surface area contributed by atoms with E-state index in [-0.39, 0.29) is 10.7 Å². The first-order chi connectivity index (χ1) is 11.1. The lowest BCUT2D eigenvalue weighted by molar-refractivity contribution is -0.388. The Labute approximate surface area is 135 Å². The molecular formula is C14H12N6O2S. The number of hydrogen-bond acceptors (Lipinski definition) is 7. The Kier molecular flexibility index (Phi) is 4.02. The summed E-state index contributed by atoms with van der Waals surface area (Å²) in [5.41, 5.74) is 2.80. The van der Waals surface area contributed by atoms with Crippen LogP contribution < -0.4 is 0 Å². The number of hydrogen-bond donors (Lipinski definition) is 0. The maximum Gasteiger partial charge on any atom is 0.301 e. The van der Waals surface area contributed by atoms with Crippen LogP contribution in [0.2, 0.25) is 0 Å². The molecule has 0 fully saturated rings. The van der Waals surface area contributed by atoms with Crippen LogP contribution in [0, 0.1) is 24.0 Å². The van der Waals surface area contributed by atoms with Crippen LogP contribution in [0.15, 0.2) is 46.7 Å². The molecule has 3 rings (SSSR count). The molecule has 0 bridgehead atoms. The molecule has 8 nitrogen and oxygen atoms in total. The van der Waals surface area contributed by atoms with Gasteiger partial charge >= 0.3 is 5.69 Å². The molecule has 0 unspecified atom stereocenters. The fourth-order valence-electron chi connectivity index (χ4n) is 2.21. The molecule has 2 heterocycles. The molecule has 0 radical (unpaired) electrons. The highest BCUT2D eigenvalue weighted by Crippen LogP contribution is 2.32. The molecule has 0 aliphatic heterocycles. The number of aryl methyl sites for hydroxylation is 2. The third kappa shape index (κ3) is 2.90.